The quantitative estimate of drug-likeness (QED) is 0.501. The van der Waals surface area contributed by atoms with Gasteiger partial charge in [-0.2, -0.15) is 0 Å². The Morgan fingerprint density at radius 1 is 0.892 bits per heavy atom. The van der Waals surface area contributed by atoms with Gasteiger partial charge in [0.1, 0.15) is 5.82 Å². The summed E-state index contributed by atoms with van der Waals surface area (Å²) in [6.45, 7) is 4.72. The lowest BCUT2D eigenvalue weighted by molar-refractivity contribution is 0.0649. The van der Waals surface area contributed by atoms with Crippen LogP contribution in [0.4, 0.5) is 4.39 Å². The summed E-state index contributed by atoms with van der Waals surface area (Å²) in [4.78, 5) is 14.2. The van der Waals surface area contributed by atoms with Crippen molar-refractivity contribution in [2.75, 3.05) is 13.1 Å². The highest BCUT2D eigenvalue weighted by atomic mass is 32.2. The lowest BCUT2D eigenvalue weighted by Crippen LogP contribution is -2.43. The molecule has 1 fully saturated rings. The normalized spacial score (nSPS) is 15.5. The Balaban J connectivity index is 1.61. The molecule has 3 aromatic rings. The van der Waals surface area contributed by atoms with Gasteiger partial charge in [-0.1, -0.05) is 38.1 Å². The first-order valence-electron chi connectivity index (χ1n) is 11.8. The van der Waals surface area contributed by atoms with E-state index in [4.69, 9.17) is 5.14 Å². The van der Waals surface area contributed by atoms with E-state index >= 15 is 0 Å². The standard InChI is InChI=1S/C27H29FN2O5S2/c1-27(2,20-14-16-30(17-15-20)26(31)19-8-10-21(28)11-9-19)24-13-12-23(18-25(24)37(29,34)35)36(32,33)22-6-4-3-5-7-22/h3-13,18,20H,14-17H2,1-2H3,(H2,29,34,35). The fraction of sp³-hybridized carbons (Fsp3) is 0.296. The Kier molecular flexibility index (Phi) is 7.29. The molecule has 1 aliphatic rings. The summed E-state index contributed by atoms with van der Waals surface area (Å²) < 4.78 is 64.7. The SMILES string of the molecule is CC(C)(c1ccc(S(=O)(=O)c2ccccc2)cc1S(N)(=O)=O)C1CCN(C(=O)c2ccc(F)cc2)CC1. The first-order chi connectivity index (χ1) is 17.3. The smallest absolute Gasteiger partial charge is 0.253 e. The highest BCUT2D eigenvalue weighted by Gasteiger charge is 2.38. The summed E-state index contributed by atoms with van der Waals surface area (Å²) >= 11 is 0. The van der Waals surface area contributed by atoms with E-state index in [0.717, 1.165) is 6.07 Å². The molecule has 0 radical (unpaired) electrons. The molecular formula is C27H29FN2O5S2. The number of primary sulfonamides is 1. The number of sulfone groups is 1. The third-order valence-corrected chi connectivity index (χ3v) is 9.93. The molecule has 0 spiro atoms. The van der Waals surface area contributed by atoms with Gasteiger partial charge in [0.2, 0.25) is 19.9 Å². The highest BCUT2D eigenvalue weighted by Crippen LogP contribution is 2.41. The second-order valence-corrected chi connectivity index (χ2v) is 13.3. The molecule has 10 heteroatoms. The van der Waals surface area contributed by atoms with Crippen molar-refractivity contribution in [1.82, 2.24) is 4.90 Å². The fourth-order valence-electron chi connectivity index (χ4n) is 4.97. The van der Waals surface area contributed by atoms with Crippen LogP contribution in [0, 0.1) is 11.7 Å². The van der Waals surface area contributed by atoms with E-state index in [1.54, 1.807) is 23.1 Å². The third-order valence-electron chi connectivity index (χ3n) is 7.21. The Hall–Kier alpha value is -3.08. The second kappa shape index (κ2) is 10.00. The Bertz CT molecular complexity index is 1510. The van der Waals surface area contributed by atoms with Gasteiger partial charge in [-0.3, -0.25) is 4.79 Å². The third kappa shape index (κ3) is 5.46. The number of halogens is 1. The minimum Gasteiger partial charge on any atom is -0.339 e. The number of rotatable bonds is 6. The minimum absolute atomic E-state index is 0.00171. The van der Waals surface area contributed by atoms with Crippen LogP contribution >= 0.6 is 0 Å². The predicted octanol–water partition coefficient (Wildman–Crippen LogP) is 4.14. The van der Waals surface area contributed by atoms with Gasteiger partial charge >= 0.3 is 0 Å². The monoisotopic (exact) mass is 544 g/mol. The molecule has 1 aliphatic heterocycles. The number of nitrogens with two attached hydrogens (primary N) is 1. The summed E-state index contributed by atoms with van der Waals surface area (Å²) in [5.74, 6) is -0.593. The molecule has 1 heterocycles. The van der Waals surface area contributed by atoms with E-state index in [-0.39, 0.29) is 26.5 Å². The van der Waals surface area contributed by atoms with Crippen LogP contribution in [0.25, 0.3) is 0 Å². The van der Waals surface area contributed by atoms with Gasteiger partial charge in [-0.25, -0.2) is 26.4 Å². The van der Waals surface area contributed by atoms with Gasteiger partial charge in [0.15, 0.2) is 0 Å². The number of hydrogen-bond donors (Lipinski definition) is 1. The molecule has 0 unspecified atom stereocenters. The molecule has 1 saturated heterocycles. The van der Waals surface area contributed by atoms with E-state index in [1.807, 2.05) is 13.8 Å². The van der Waals surface area contributed by atoms with E-state index in [0.29, 0.717) is 37.1 Å². The zero-order valence-corrected chi connectivity index (χ0v) is 22.2. The van der Waals surface area contributed by atoms with Crippen molar-refractivity contribution in [3.8, 4) is 0 Å². The van der Waals surface area contributed by atoms with Gasteiger partial charge in [-0.05, 0) is 78.3 Å². The van der Waals surface area contributed by atoms with Gasteiger partial charge < -0.3 is 4.90 Å². The Labute approximate surface area is 217 Å². The van der Waals surface area contributed by atoms with E-state index in [9.17, 15) is 26.0 Å². The molecule has 0 atom stereocenters. The molecule has 0 bridgehead atoms. The molecule has 37 heavy (non-hydrogen) atoms. The highest BCUT2D eigenvalue weighted by molar-refractivity contribution is 7.91. The van der Waals surface area contributed by atoms with E-state index < -0.39 is 31.1 Å². The number of sulfonamides is 1. The summed E-state index contributed by atoms with van der Waals surface area (Å²) in [6.07, 6.45) is 1.21. The van der Waals surface area contributed by atoms with Crippen LogP contribution in [0.5, 0.6) is 0 Å². The van der Waals surface area contributed by atoms with Crippen LogP contribution in [0.15, 0.2) is 87.5 Å². The first-order valence-corrected chi connectivity index (χ1v) is 14.9. The number of likely N-dealkylation sites (tertiary alicyclic amines) is 1. The van der Waals surface area contributed by atoms with Crippen LogP contribution in [0.3, 0.4) is 0 Å². The summed E-state index contributed by atoms with van der Waals surface area (Å²) in [6, 6.07) is 17.3. The summed E-state index contributed by atoms with van der Waals surface area (Å²) in [7, 11) is -8.19. The van der Waals surface area contributed by atoms with Crippen molar-refractivity contribution in [1.29, 1.82) is 0 Å². The van der Waals surface area contributed by atoms with Crippen molar-refractivity contribution >= 4 is 25.8 Å². The predicted molar refractivity (Wildman–Crippen MR) is 138 cm³/mol. The van der Waals surface area contributed by atoms with E-state index in [2.05, 4.69) is 0 Å². The zero-order chi connectivity index (χ0) is 27.0. The van der Waals surface area contributed by atoms with Crippen molar-refractivity contribution in [3.63, 3.8) is 0 Å². The number of nitrogens with zero attached hydrogens (tertiary/aromatic N) is 1. The molecule has 1 amide bonds. The van der Waals surface area contributed by atoms with Gasteiger partial charge in [0.05, 0.1) is 14.7 Å². The fourth-order valence-corrected chi connectivity index (χ4v) is 7.28. The van der Waals surface area contributed by atoms with Crippen molar-refractivity contribution in [2.45, 2.75) is 46.8 Å². The topological polar surface area (TPSA) is 115 Å². The molecule has 0 aromatic heterocycles. The molecule has 0 aliphatic carbocycles. The molecule has 196 valence electrons. The van der Waals surface area contributed by atoms with E-state index in [1.165, 1.54) is 48.5 Å². The number of carbonyl (C=O) groups is 1. The molecule has 0 saturated carbocycles. The van der Waals surface area contributed by atoms with Gasteiger partial charge in [0.25, 0.3) is 5.91 Å². The molecule has 7 nitrogen and oxygen atoms in total. The average molecular weight is 545 g/mol. The zero-order valence-electron chi connectivity index (χ0n) is 20.6. The molecular weight excluding hydrogens is 515 g/mol. The van der Waals surface area contributed by atoms with Crippen molar-refractivity contribution in [2.24, 2.45) is 11.1 Å². The maximum Gasteiger partial charge on any atom is 0.253 e. The molecule has 4 rings (SSSR count). The molecule has 2 N–H and O–H groups in total. The Morgan fingerprint density at radius 3 is 2.05 bits per heavy atom. The average Bonchev–Trinajstić information content (AvgIpc) is 2.88. The van der Waals surface area contributed by atoms with Crippen LogP contribution in [-0.2, 0) is 25.3 Å². The first kappa shape index (κ1) is 27.0. The second-order valence-electron chi connectivity index (χ2n) is 9.81. The van der Waals surface area contributed by atoms with Crippen LogP contribution in [0.1, 0.15) is 42.6 Å². The largest absolute Gasteiger partial charge is 0.339 e. The minimum atomic E-state index is -4.24. The maximum atomic E-state index is 13.2. The lowest BCUT2D eigenvalue weighted by Gasteiger charge is -2.41. The Morgan fingerprint density at radius 2 is 1.49 bits per heavy atom. The van der Waals surface area contributed by atoms with Crippen LogP contribution in [-0.4, -0.2) is 40.7 Å². The number of hydrogen-bond acceptors (Lipinski definition) is 5. The number of carbonyl (C=O) groups excluding carboxylic acids is 1. The van der Waals surface area contributed by atoms with Crippen LogP contribution in [0.2, 0.25) is 0 Å². The van der Waals surface area contributed by atoms with Crippen molar-refractivity contribution in [3.05, 3.63) is 89.7 Å². The van der Waals surface area contributed by atoms with Crippen molar-refractivity contribution < 1.29 is 26.0 Å². The van der Waals surface area contributed by atoms with Crippen LogP contribution < -0.4 is 5.14 Å². The number of piperidine rings is 1. The van der Waals surface area contributed by atoms with Gasteiger partial charge in [-0.15, -0.1) is 0 Å². The summed E-state index contributed by atoms with van der Waals surface area (Å²) in [5, 5.41) is 5.57. The number of amides is 1. The lowest BCUT2D eigenvalue weighted by atomic mass is 9.69. The molecule has 3 aromatic carbocycles. The van der Waals surface area contributed by atoms with Gasteiger partial charge in [0, 0.05) is 18.7 Å². The maximum absolute atomic E-state index is 13.2. The number of benzene rings is 3. The summed E-state index contributed by atoms with van der Waals surface area (Å²) in [5.41, 5.74) is 0.165.